The Hall–Kier alpha value is -0.910. The van der Waals surface area contributed by atoms with Crippen molar-refractivity contribution < 1.29 is 9.84 Å². The van der Waals surface area contributed by atoms with Crippen LogP contribution in [-0.4, -0.2) is 40.2 Å². The molecule has 1 aliphatic heterocycles. The van der Waals surface area contributed by atoms with Gasteiger partial charge in [0.05, 0.1) is 17.0 Å². The summed E-state index contributed by atoms with van der Waals surface area (Å²) in [5.41, 5.74) is 1.71. The van der Waals surface area contributed by atoms with E-state index in [0.29, 0.717) is 32.6 Å². The second kappa shape index (κ2) is 6.50. The Labute approximate surface area is 115 Å². The zero-order valence-corrected chi connectivity index (χ0v) is 12.0. The van der Waals surface area contributed by atoms with Crippen molar-refractivity contribution in [2.45, 2.75) is 51.8 Å². The van der Waals surface area contributed by atoms with E-state index in [1.54, 1.807) is 0 Å². The Kier molecular flexibility index (Phi) is 4.96. The Bertz CT molecular complexity index is 397. The highest BCUT2D eigenvalue weighted by Crippen LogP contribution is 2.19. The minimum atomic E-state index is -0.608. The zero-order chi connectivity index (χ0) is 13.7. The van der Waals surface area contributed by atoms with Crippen LogP contribution in [0.4, 0.5) is 0 Å². The van der Waals surface area contributed by atoms with Crippen molar-refractivity contribution in [1.29, 1.82) is 0 Å². The Balaban J connectivity index is 1.86. The van der Waals surface area contributed by atoms with E-state index in [4.69, 9.17) is 4.74 Å². The van der Waals surface area contributed by atoms with Crippen molar-refractivity contribution in [1.82, 2.24) is 15.1 Å². The third kappa shape index (κ3) is 3.78. The van der Waals surface area contributed by atoms with E-state index in [1.807, 2.05) is 4.68 Å². The highest BCUT2D eigenvalue weighted by atomic mass is 16.5. The van der Waals surface area contributed by atoms with Gasteiger partial charge in [-0.1, -0.05) is 6.92 Å². The van der Waals surface area contributed by atoms with Crippen LogP contribution in [0, 0.1) is 0 Å². The van der Waals surface area contributed by atoms with Gasteiger partial charge in [-0.2, -0.15) is 5.10 Å². The summed E-state index contributed by atoms with van der Waals surface area (Å²) in [5.74, 6) is 0. The summed E-state index contributed by atoms with van der Waals surface area (Å²) in [6.45, 7) is 7.79. The molecule has 0 radical (unpaired) electrons. The summed E-state index contributed by atoms with van der Waals surface area (Å²) in [6, 6.07) is 2.14. The Morgan fingerprint density at radius 3 is 2.79 bits per heavy atom. The Morgan fingerprint density at radius 2 is 2.16 bits per heavy atom. The van der Waals surface area contributed by atoms with Crippen LogP contribution >= 0.6 is 0 Å². The molecule has 1 aliphatic rings. The van der Waals surface area contributed by atoms with Crippen molar-refractivity contribution in [3.63, 3.8) is 0 Å². The van der Waals surface area contributed by atoms with Gasteiger partial charge >= 0.3 is 0 Å². The number of aromatic nitrogens is 2. The average molecular weight is 267 g/mol. The minimum Gasteiger partial charge on any atom is -0.388 e. The van der Waals surface area contributed by atoms with Crippen LogP contribution in [0.3, 0.4) is 0 Å². The van der Waals surface area contributed by atoms with E-state index in [9.17, 15) is 5.11 Å². The van der Waals surface area contributed by atoms with Gasteiger partial charge in [0, 0.05) is 45.7 Å². The first-order valence-electron chi connectivity index (χ1n) is 7.23. The van der Waals surface area contributed by atoms with Crippen molar-refractivity contribution >= 4 is 0 Å². The lowest BCUT2D eigenvalue weighted by molar-refractivity contribution is -0.0617. The van der Waals surface area contributed by atoms with E-state index >= 15 is 0 Å². The van der Waals surface area contributed by atoms with Crippen LogP contribution in [0.1, 0.15) is 38.1 Å². The molecule has 1 aromatic rings. The van der Waals surface area contributed by atoms with Gasteiger partial charge in [-0.3, -0.25) is 4.68 Å². The normalized spacial score (nSPS) is 18.7. The van der Waals surface area contributed by atoms with Gasteiger partial charge in [0.1, 0.15) is 0 Å². The topological polar surface area (TPSA) is 59.3 Å². The zero-order valence-electron chi connectivity index (χ0n) is 12.0. The summed E-state index contributed by atoms with van der Waals surface area (Å²) in [4.78, 5) is 0. The quantitative estimate of drug-likeness (QED) is 0.810. The summed E-state index contributed by atoms with van der Waals surface area (Å²) in [5, 5.41) is 18.2. The molecule has 1 aromatic heterocycles. The molecule has 0 atom stereocenters. The number of nitrogens with one attached hydrogen (secondary N) is 1. The molecular formula is C14H25N3O2. The fourth-order valence-corrected chi connectivity index (χ4v) is 2.46. The fourth-order valence-electron chi connectivity index (χ4n) is 2.46. The molecule has 0 saturated carbocycles. The second-order valence-corrected chi connectivity index (χ2v) is 5.24. The molecule has 0 bridgehead atoms. The van der Waals surface area contributed by atoms with Gasteiger partial charge in [0.25, 0.3) is 0 Å². The molecule has 5 heteroatoms. The largest absolute Gasteiger partial charge is 0.388 e. The standard InChI is InChI=1S/C14H25N3O2/c1-3-12-9-13(17(4-2)16-12)10-15-11-14(18)5-7-19-8-6-14/h9,15,18H,3-8,10-11H2,1-2H3. The van der Waals surface area contributed by atoms with Gasteiger partial charge in [-0.15, -0.1) is 0 Å². The molecule has 2 heterocycles. The first-order chi connectivity index (χ1) is 9.17. The minimum absolute atomic E-state index is 0.608. The van der Waals surface area contributed by atoms with E-state index in [1.165, 1.54) is 5.69 Å². The van der Waals surface area contributed by atoms with Gasteiger partial charge in [-0.25, -0.2) is 0 Å². The molecule has 1 saturated heterocycles. The lowest BCUT2D eigenvalue weighted by Crippen LogP contribution is -2.44. The number of rotatable bonds is 6. The van der Waals surface area contributed by atoms with Gasteiger partial charge < -0.3 is 15.2 Å². The number of hydrogen-bond donors (Lipinski definition) is 2. The van der Waals surface area contributed by atoms with Crippen LogP contribution in [0.25, 0.3) is 0 Å². The van der Waals surface area contributed by atoms with E-state index in [-0.39, 0.29) is 0 Å². The third-order valence-corrected chi connectivity index (χ3v) is 3.76. The molecule has 19 heavy (non-hydrogen) atoms. The Morgan fingerprint density at radius 1 is 1.42 bits per heavy atom. The highest BCUT2D eigenvalue weighted by Gasteiger charge is 2.29. The maximum Gasteiger partial charge on any atom is 0.0815 e. The first kappa shape index (κ1) is 14.5. The number of ether oxygens (including phenoxy) is 1. The molecule has 0 spiro atoms. The molecule has 0 unspecified atom stereocenters. The molecule has 0 aliphatic carbocycles. The maximum atomic E-state index is 10.4. The van der Waals surface area contributed by atoms with Gasteiger partial charge in [0.2, 0.25) is 0 Å². The molecule has 5 nitrogen and oxygen atoms in total. The van der Waals surface area contributed by atoms with Gasteiger partial charge in [0.15, 0.2) is 0 Å². The van der Waals surface area contributed by atoms with Gasteiger partial charge in [-0.05, 0) is 19.4 Å². The van der Waals surface area contributed by atoms with E-state index < -0.39 is 5.60 Å². The highest BCUT2D eigenvalue weighted by molar-refractivity contribution is 5.10. The lowest BCUT2D eigenvalue weighted by atomic mass is 9.94. The summed E-state index contributed by atoms with van der Waals surface area (Å²) < 4.78 is 7.31. The smallest absolute Gasteiger partial charge is 0.0815 e. The van der Waals surface area contributed by atoms with Crippen LogP contribution in [0.15, 0.2) is 6.07 Å². The number of hydrogen-bond acceptors (Lipinski definition) is 4. The lowest BCUT2D eigenvalue weighted by Gasteiger charge is -2.32. The van der Waals surface area contributed by atoms with Crippen LogP contribution in [-0.2, 0) is 24.2 Å². The van der Waals surface area contributed by atoms with Crippen molar-refractivity contribution in [2.24, 2.45) is 0 Å². The molecule has 0 aromatic carbocycles. The average Bonchev–Trinajstić information content (AvgIpc) is 2.82. The second-order valence-electron chi connectivity index (χ2n) is 5.24. The predicted molar refractivity (Wildman–Crippen MR) is 74.0 cm³/mol. The maximum absolute atomic E-state index is 10.4. The predicted octanol–water partition coefficient (Wildman–Crippen LogP) is 1.10. The van der Waals surface area contributed by atoms with E-state index in [2.05, 4.69) is 30.3 Å². The molecule has 1 fully saturated rings. The number of aryl methyl sites for hydroxylation is 2. The SMILES string of the molecule is CCc1cc(CNCC2(O)CCOCC2)n(CC)n1. The molecule has 2 N–H and O–H groups in total. The van der Waals surface area contributed by atoms with Crippen LogP contribution < -0.4 is 5.32 Å². The van der Waals surface area contributed by atoms with Crippen LogP contribution in [0.2, 0.25) is 0 Å². The summed E-state index contributed by atoms with van der Waals surface area (Å²) in [6.07, 6.45) is 2.39. The molecule has 108 valence electrons. The van der Waals surface area contributed by atoms with Crippen molar-refractivity contribution in [3.8, 4) is 0 Å². The fraction of sp³-hybridized carbons (Fsp3) is 0.786. The van der Waals surface area contributed by atoms with E-state index in [0.717, 1.165) is 25.2 Å². The van der Waals surface area contributed by atoms with Crippen LogP contribution in [0.5, 0.6) is 0 Å². The summed E-state index contributed by atoms with van der Waals surface area (Å²) in [7, 11) is 0. The first-order valence-corrected chi connectivity index (χ1v) is 7.23. The van der Waals surface area contributed by atoms with Crippen molar-refractivity contribution in [2.75, 3.05) is 19.8 Å². The number of nitrogens with zero attached hydrogens (tertiary/aromatic N) is 2. The monoisotopic (exact) mass is 267 g/mol. The molecule has 2 rings (SSSR count). The third-order valence-electron chi connectivity index (χ3n) is 3.76. The number of aliphatic hydroxyl groups is 1. The van der Waals surface area contributed by atoms with Crippen molar-refractivity contribution in [3.05, 3.63) is 17.5 Å². The summed E-state index contributed by atoms with van der Waals surface area (Å²) >= 11 is 0. The molecular weight excluding hydrogens is 242 g/mol. The molecule has 0 amide bonds.